The van der Waals surface area contributed by atoms with Crippen molar-refractivity contribution in [2.24, 2.45) is 0 Å². The normalized spacial score (nSPS) is 12.9. The van der Waals surface area contributed by atoms with Gasteiger partial charge in [0.05, 0.1) is 0 Å². The van der Waals surface area contributed by atoms with E-state index in [1.54, 1.807) is 12.4 Å². The topological polar surface area (TPSA) is 34.1 Å². The molecule has 1 atom stereocenters. The highest BCUT2D eigenvalue weighted by atomic mass is 19.3. The van der Waals surface area contributed by atoms with Crippen molar-refractivity contribution in [3.05, 3.63) is 30.1 Å². The van der Waals surface area contributed by atoms with E-state index in [-0.39, 0.29) is 6.04 Å². The predicted molar refractivity (Wildman–Crippen MR) is 66.8 cm³/mol. The highest BCUT2D eigenvalue weighted by molar-refractivity contribution is 5.11. The van der Waals surface area contributed by atoms with Crippen molar-refractivity contribution in [1.29, 1.82) is 0 Å². The lowest BCUT2D eigenvalue weighted by atomic mass is 10.0. The molecular weight excluding hydrogens is 238 g/mol. The first-order valence-corrected chi connectivity index (χ1v) is 6.20. The zero-order valence-corrected chi connectivity index (χ0v) is 10.6. The molecule has 1 N–H and O–H groups in total. The van der Waals surface area contributed by atoms with Gasteiger partial charge in [-0.1, -0.05) is 6.92 Å². The third-order valence-corrected chi connectivity index (χ3v) is 2.58. The minimum Gasteiger partial charge on any atom is -0.375 e. The van der Waals surface area contributed by atoms with Crippen molar-refractivity contribution in [3.8, 4) is 0 Å². The molecule has 0 amide bonds. The molecule has 1 aromatic rings. The first-order valence-electron chi connectivity index (χ1n) is 6.20. The van der Waals surface area contributed by atoms with E-state index in [1.165, 1.54) is 5.56 Å². The molecule has 1 heterocycles. The van der Waals surface area contributed by atoms with Crippen LogP contribution in [0.3, 0.4) is 0 Å². The van der Waals surface area contributed by atoms with E-state index in [0.717, 1.165) is 19.4 Å². The number of nitrogens with zero attached hydrogens (tertiary/aromatic N) is 1. The molecule has 0 aromatic carbocycles. The molecule has 102 valence electrons. The quantitative estimate of drug-likeness (QED) is 0.690. The molecule has 5 heteroatoms. The fourth-order valence-corrected chi connectivity index (χ4v) is 1.77. The molecule has 1 aromatic heterocycles. The zero-order chi connectivity index (χ0) is 13.2. The second-order valence-electron chi connectivity index (χ2n) is 4.07. The monoisotopic (exact) mass is 258 g/mol. The van der Waals surface area contributed by atoms with Crippen molar-refractivity contribution < 1.29 is 13.5 Å². The lowest BCUT2D eigenvalue weighted by molar-refractivity contribution is 0.0144. The predicted octanol–water partition coefficient (Wildman–Crippen LogP) is 2.27. The van der Waals surface area contributed by atoms with Gasteiger partial charge in [-0.25, -0.2) is 8.78 Å². The minimum absolute atomic E-state index is 0.245. The van der Waals surface area contributed by atoms with Crippen LogP contribution >= 0.6 is 0 Å². The first kappa shape index (κ1) is 15.0. The van der Waals surface area contributed by atoms with Crippen molar-refractivity contribution in [1.82, 2.24) is 10.3 Å². The number of rotatable bonds is 9. The highest BCUT2D eigenvalue weighted by Gasteiger charge is 2.09. The molecule has 0 spiro atoms. The summed E-state index contributed by atoms with van der Waals surface area (Å²) in [5.74, 6) is 0. The summed E-state index contributed by atoms with van der Waals surface area (Å²) in [5, 5.41) is 3.33. The fourth-order valence-electron chi connectivity index (χ4n) is 1.77. The first-order chi connectivity index (χ1) is 8.72. The van der Waals surface area contributed by atoms with Gasteiger partial charge in [-0.2, -0.15) is 0 Å². The van der Waals surface area contributed by atoms with Crippen LogP contribution < -0.4 is 5.32 Å². The Balaban J connectivity index is 2.31. The molecular formula is C13H20F2N2O. The molecule has 0 saturated carbocycles. The number of alkyl halides is 2. The van der Waals surface area contributed by atoms with Gasteiger partial charge in [-0.3, -0.25) is 4.98 Å². The summed E-state index contributed by atoms with van der Waals surface area (Å²) < 4.78 is 28.7. The Labute approximate surface area is 107 Å². The Bertz CT molecular complexity index is 309. The SMILES string of the molecule is CCNC(CCOCC(F)F)Cc1ccncc1. The number of ether oxygens (including phenoxy) is 1. The Morgan fingerprint density at radius 1 is 1.33 bits per heavy atom. The van der Waals surface area contributed by atoms with E-state index in [4.69, 9.17) is 4.74 Å². The average Bonchev–Trinajstić information content (AvgIpc) is 2.36. The van der Waals surface area contributed by atoms with Crippen LogP contribution in [-0.4, -0.2) is 37.2 Å². The lowest BCUT2D eigenvalue weighted by Gasteiger charge is -2.17. The third kappa shape index (κ3) is 6.61. The maximum atomic E-state index is 11.9. The van der Waals surface area contributed by atoms with E-state index in [9.17, 15) is 8.78 Å². The van der Waals surface area contributed by atoms with Crippen LogP contribution in [0.4, 0.5) is 8.78 Å². The van der Waals surface area contributed by atoms with Gasteiger partial charge in [0.1, 0.15) is 6.61 Å². The van der Waals surface area contributed by atoms with Crippen molar-refractivity contribution in [2.75, 3.05) is 19.8 Å². The van der Waals surface area contributed by atoms with Gasteiger partial charge in [-0.05, 0) is 37.1 Å². The largest absolute Gasteiger partial charge is 0.375 e. The molecule has 1 rings (SSSR count). The lowest BCUT2D eigenvalue weighted by Crippen LogP contribution is -2.32. The van der Waals surface area contributed by atoms with Gasteiger partial charge in [0.2, 0.25) is 0 Å². The van der Waals surface area contributed by atoms with Crippen molar-refractivity contribution in [3.63, 3.8) is 0 Å². The molecule has 0 aliphatic carbocycles. The number of nitrogens with one attached hydrogen (secondary N) is 1. The van der Waals surface area contributed by atoms with E-state index in [1.807, 2.05) is 19.1 Å². The van der Waals surface area contributed by atoms with Crippen LogP contribution in [0, 0.1) is 0 Å². The van der Waals surface area contributed by atoms with Gasteiger partial charge in [-0.15, -0.1) is 0 Å². The Kier molecular flexibility index (Phi) is 7.44. The maximum absolute atomic E-state index is 11.9. The number of pyridine rings is 1. The van der Waals surface area contributed by atoms with Crippen molar-refractivity contribution in [2.45, 2.75) is 32.2 Å². The van der Waals surface area contributed by atoms with Crippen LogP contribution in [0.15, 0.2) is 24.5 Å². The Morgan fingerprint density at radius 2 is 2.06 bits per heavy atom. The minimum atomic E-state index is -2.39. The van der Waals surface area contributed by atoms with Gasteiger partial charge in [0.25, 0.3) is 6.43 Å². The zero-order valence-electron chi connectivity index (χ0n) is 10.6. The van der Waals surface area contributed by atoms with Crippen LogP contribution in [-0.2, 0) is 11.2 Å². The summed E-state index contributed by atoms with van der Waals surface area (Å²) in [7, 11) is 0. The van der Waals surface area contributed by atoms with E-state index in [2.05, 4.69) is 10.3 Å². The smallest absolute Gasteiger partial charge is 0.261 e. The highest BCUT2D eigenvalue weighted by Crippen LogP contribution is 2.05. The molecule has 18 heavy (non-hydrogen) atoms. The second-order valence-corrected chi connectivity index (χ2v) is 4.07. The molecule has 0 aliphatic rings. The standard InChI is InChI=1S/C13H20F2N2O/c1-2-17-12(5-8-18-10-13(14)15)9-11-3-6-16-7-4-11/h3-4,6-7,12-13,17H,2,5,8-10H2,1H3. The number of hydrogen-bond acceptors (Lipinski definition) is 3. The molecule has 1 unspecified atom stereocenters. The molecule has 0 fully saturated rings. The number of hydrogen-bond donors (Lipinski definition) is 1. The van der Waals surface area contributed by atoms with Gasteiger partial charge < -0.3 is 10.1 Å². The summed E-state index contributed by atoms with van der Waals surface area (Å²) in [6.07, 6.45) is 2.71. The summed E-state index contributed by atoms with van der Waals surface area (Å²) >= 11 is 0. The van der Waals surface area contributed by atoms with E-state index in [0.29, 0.717) is 6.61 Å². The summed E-state index contributed by atoms with van der Waals surface area (Å²) in [4.78, 5) is 3.97. The molecule has 0 aliphatic heterocycles. The van der Waals surface area contributed by atoms with E-state index < -0.39 is 13.0 Å². The fraction of sp³-hybridized carbons (Fsp3) is 0.615. The summed E-state index contributed by atoms with van der Waals surface area (Å²) in [5.41, 5.74) is 1.19. The molecule has 0 radical (unpaired) electrons. The van der Waals surface area contributed by atoms with Crippen LogP contribution in [0.25, 0.3) is 0 Å². The van der Waals surface area contributed by atoms with E-state index >= 15 is 0 Å². The summed E-state index contributed by atoms with van der Waals surface area (Å²) in [6, 6.07) is 4.17. The van der Waals surface area contributed by atoms with Crippen LogP contribution in [0.5, 0.6) is 0 Å². The maximum Gasteiger partial charge on any atom is 0.261 e. The van der Waals surface area contributed by atoms with Crippen LogP contribution in [0.2, 0.25) is 0 Å². The summed E-state index contributed by atoms with van der Waals surface area (Å²) in [6.45, 7) is 2.76. The Hall–Kier alpha value is -1.07. The number of halogens is 2. The van der Waals surface area contributed by atoms with Gasteiger partial charge >= 0.3 is 0 Å². The molecule has 0 saturated heterocycles. The van der Waals surface area contributed by atoms with Crippen LogP contribution in [0.1, 0.15) is 18.9 Å². The average molecular weight is 258 g/mol. The number of likely N-dealkylation sites (N-methyl/N-ethyl adjacent to an activating group) is 1. The third-order valence-electron chi connectivity index (χ3n) is 2.58. The Morgan fingerprint density at radius 3 is 2.67 bits per heavy atom. The second kappa shape index (κ2) is 8.94. The van der Waals surface area contributed by atoms with Crippen molar-refractivity contribution >= 4 is 0 Å². The number of aromatic nitrogens is 1. The molecule has 0 bridgehead atoms. The molecule has 3 nitrogen and oxygen atoms in total. The van der Waals surface area contributed by atoms with Gasteiger partial charge in [0.15, 0.2) is 0 Å². The van der Waals surface area contributed by atoms with Gasteiger partial charge in [0, 0.05) is 25.0 Å².